The van der Waals surface area contributed by atoms with E-state index in [0.29, 0.717) is 17.4 Å². The van der Waals surface area contributed by atoms with Crippen molar-refractivity contribution in [3.8, 4) is 0 Å². The number of amides is 1. The Hall–Kier alpha value is -3.19. The third kappa shape index (κ3) is 4.77. The molecule has 164 valence electrons. The van der Waals surface area contributed by atoms with E-state index in [1.807, 2.05) is 14.1 Å². The van der Waals surface area contributed by atoms with E-state index in [1.54, 1.807) is 31.2 Å². The lowest BCUT2D eigenvalue weighted by Crippen LogP contribution is -2.43. The molecule has 0 saturated carbocycles. The lowest BCUT2D eigenvalue weighted by atomic mass is 10.0. The maximum Gasteiger partial charge on any atom is 0.331 e. The highest BCUT2D eigenvalue weighted by molar-refractivity contribution is 5.81. The minimum Gasteiger partial charge on any atom is -0.353 e. The topological polar surface area (TPSA) is 76.3 Å². The fraction of sp³-hybridized carbons (Fsp3) is 0.375. The van der Waals surface area contributed by atoms with E-state index in [-0.39, 0.29) is 30.6 Å². The molecule has 0 aliphatic heterocycles. The van der Waals surface area contributed by atoms with E-state index < -0.39 is 5.69 Å². The minimum absolute atomic E-state index is 0.00733. The molecule has 7 nitrogen and oxygen atoms in total. The fourth-order valence-corrected chi connectivity index (χ4v) is 3.79. The van der Waals surface area contributed by atoms with Crippen molar-refractivity contribution in [2.75, 3.05) is 20.6 Å². The average molecular weight is 423 g/mol. The lowest BCUT2D eigenvalue weighted by Gasteiger charge is -2.25. The zero-order valence-electron chi connectivity index (χ0n) is 18.6. The van der Waals surface area contributed by atoms with Crippen LogP contribution < -0.4 is 16.6 Å². The van der Waals surface area contributed by atoms with Gasteiger partial charge in [0, 0.05) is 13.1 Å². The van der Waals surface area contributed by atoms with Crippen LogP contribution in [0.25, 0.3) is 10.9 Å². The van der Waals surface area contributed by atoms with Crippen LogP contribution in [-0.4, -0.2) is 40.6 Å². The Bertz CT molecular complexity index is 1180. The maximum absolute atomic E-state index is 12.8. The molecule has 0 saturated heterocycles. The van der Waals surface area contributed by atoms with Gasteiger partial charge in [0.25, 0.3) is 5.56 Å². The van der Waals surface area contributed by atoms with E-state index in [2.05, 4.69) is 41.4 Å². The van der Waals surface area contributed by atoms with Gasteiger partial charge in [-0.3, -0.25) is 18.7 Å². The van der Waals surface area contributed by atoms with Crippen molar-refractivity contribution in [1.82, 2.24) is 19.4 Å². The highest BCUT2D eigenvalue weighted by Gasteiger charge is 2.18. The molecular formula is C24H30N4O3. The molecule has 2 aromatic carbocycles. The first-order chi connectivity index (χ1) is 14.9. The molecule has 0 bridgehead atoms. The average Bonchev–Trinajstić information content (AvgIpc) is 2.77. The number of nitrogens with one attached hydrogen (secondary N) is 1. The van der Waals surface area contributed by atoms with Crippen LogP contribution in [0.5, 0.6) is 0 Å². The Morgan fingerprint density at radius 2 is 1.68 bits per heavy atom. The number of rotatable bonds is 8. The molecule has 0 aliphatic rings. The van der Waals surface area contributed by atoms with Crippen LogP contribution >= 0.6 is 0 Å². The number of aryl methyl sites for hydroxylation is 1. The van der Waals surface area contributed by atoms with Gasteiger partial charge in [0.05, 0.1) is 16.9 Å². The molecule has 1 amide bonds. The fourth-order valence-electron chi connectivity index (χ4n) is 3.79. The second-order valence-electron chi connectivity index (χ2n) is 7.81. The van der Waals surface area contributed by atoms with E-state index in [9.17, 15) is 14.4 Å². The maximum atomic E-state index is 12.8. The SMILES string of the molecule is CCc1ccc([C@H](CNC(=O)Cn2c(=O)n(CC)c(=O)c3ccccc32)N(C)C)cc1. The second-order valence-corrected chi connectivity index (χ2v) is 7.81. The van der Waals surface area contributed by atoms with Gasteiger partial charge in [0.1, 0.15) is 6.54 Å². The summed E-state index contributed by atoms with van der Waals surface area (Å²) in [4.78, 5) is 40.2. The molecule has 0 aliphatic carbocycles. The summed E-state index contributed by atoms with van der Waals surface area (Å²) in [6.45, 7) is 4.38. The summed E-state index contributed by atoms with van der Waals surface area (Å²) in [6, 6.07) is 15.3. The third-order valence-electron chi connectivity index (χ3n) is 5.64. The molecule has 0 radical (unpaired) electrons. The Kier molecular flexibility index (Phi) is 7.07. The number of aromatic nitrogens is 2. The Balaban J connectivity index is 1.82. The smallest absolute Gasteiger partial charge is 0.331 e. The van der Waals surface area contributed by atoms with Gasteiger partial charge in [-0.15, -0.1) is 0 Å². The molecule has 1 aromatic heterocycles. The number of carbonyl (C=O) groups excluding carboxylic acids is 1. The van der Waals surface area contributed by atoms with Gasteiger partial charge < -0.3 is 10.2 Å². The van der Waals surface area contributed by atoms with Crippen molar-refractivity contribution in [1.29, 1.82) is 0 Å². The molecular weight excluding hydrogens is 392 g/mol. The van der Waals surface area contributed by atoms with Crippen molar-refractivity contribution in [2.45, 2.75) is 39.4 Å². The van der Waals surface area contributed by atoms with Crippen LogP contribution in [0.1, 0.15) is 31.0 Å². The van der Waals surface area contributed by atoms with Crippen LogP contribution in [-0.2, 0) is 24.3 Å². The Morgan fingerprint density at radius 3 is 2.29 bits per heavy atom. The highest BCUT2D eigenvalue weighted by atomic mass is 16.2. The number of hydrogen-bond donors (Lipinski definition) is 1. The van der Waals surface area contributed by atoms with Crippen molar-refractivity contribution in [3.63, 3.8) is 0 Å². The molecule has 0 fully saturated rings. The first-order valence-electron chi connectivity index (χ1n) is 10.6. The summed E-state index contributed by atoms with van der Waals surface area (Å²) in [7, 11) is 3.94. The quantitative estimate of drug-likeness (QED) is 0.604. The predicted octanol–water partition coefficient (Wildman–Crippen LogP) is 2.16. The van der Waals surface area contributed by atoms with Gasteiger partial charge in [-0.05, 0) is 50.7 Å². The largest absolute Gasteiger partial charge is 0.353 e. The van der Waals surface area contributed by atoms with Crippen LogP contribution in [0.15, 0.2) is 58.1 Å². The van der Waals surface area contributed by atoms with Crippen LogP contribution in [0.3, 0.4) is 0 Å². The van der Waals surface area contributed by atoms with Crippen molar-refractivity contribution >= 4 is 16.8 Å². The van der Waals surface area contributed by atoms with Crippen LogP contribution in [0.2, 0.25) is 0 Å². The molecule has 3 rings (SSSR count). The van der Waals surface area contributed by atoms with E-state index in [4.69, 9.17) is 0 Å². The summed E-state index contributed by atoms with van der Waals surface area (Å²) in [6.07, 6.45) is 0.978. The number of para-hydroxylation sites is 1. The molecule has 1 N–H and O–H groups in total. The molecule has 7 heteroatoms. The first-order valence-corrected chi connectivity index (χ1v) is 10.6. The summed E-state index contributed by atoms with van der Waals surface area (Å²) in [5.41, 5.74) is 2.05. The van der Waals surface area contributed by atoms with E-state index in [0.717, 1.165) is 16.6 Å². The number of fused-ring (bicyclic) bond motifs is 1. The lowest BCUT2D eigenvalue weighted by molar-refractivity contribution is -0.121. The molecule has 0 spiro atoms. The summed E-state index contributed by atoms with van der Waals surface area (Å²) in [5, 5.41) is 3.39. The zero-order chi connectivity index (χ0) is 22.5. The summed E-state index contributed by atoms with van der Waals surface area (Å²) >= 11 is 0. The van der Waals surface area contributed by atoms with E-state index >= 15 is 0 Å². The molecule has 1 heterocycles. The second kappa shape index (κ2) is 9.75. The summed E-state index contributed by atoms with van der Waals surface area (Å²) in [5.74, 6) is -0.273. The van der Waals surface area contributed by atoms with Crippen molar-refractivity contribution in [2.24, 2.45) is 0 Å². The van der Waals surface area contributed by atoms with Crippen LogP contribution in [0.4, 0.5) is 0 Å². The number of carbonyl (C=O) groups is 1. The third-order valence-corrected chi connectivity index (χ3v) is 5.64. The van der Waals surface area contributed by atoms with Gasteiger partial charge >= 0.3 is 5.69 Å². The normalized spacial score (nSPS) is 12.3. The van der Waals surface area contributed by atoms with Gasteiger partial charge in [-0.25, -0.2) is 4.79 Å². The van der Waals surface area contributed by atoms with Gasteiger partial charge in [0.2, 0.25) is 5.91 Å². The number of hydrogen-bond acceptors (Lipinski definition) is 4. The Morgan fingerprint density at radius 1 is 1.00 bits per heavy atom. The number of likely N-dealkylation sites (N-methyl/N-ethyl adjacent to an activating group) is 1. The number of benzene rings is 2. The monoisotopic (exact) mass is 422 g/mol. The number of nitrogens with zero attached hydrogens (tertiary/aromatic N) is 3. The minimum atomic E-state index is -0.472. The molecule has 1 atom stereocenters. The van der Waals surface area contributed by atoms with Gasteiger partial charge in [-0.1, -0.05) is 43.3 Å². The van der Waals surface area contributed by atoms with Gasteiger partial charge in [-0.2, -0.15) is 0 Å². The first kappa shape index (κ1) is 22.5. The van der Waals surface area contributed by atoms with Crippen molar-refractivity contribution < 1.29 is 4.79 Å². The highest BCUT2D eigenvalue weighted by Crippen LogP contribution is 2.18. The predicted molar refractivity (Wildman–Crippen MR) is 123 cm³/mol. The van der Waals surface area contributed by atoms with E-state index in [1.165, 1.54) is 10.1 Å². The zero-order valence-corrected chi connectivity index (χ0v) is 18.6. The summed E-state index contributed by atoms with van der Waals surface area (Å²) < 4.78 is 2.53. The van der Waals surface area contributed by atoms with Gasteiger partial charge in [0.15, 0.2) is 0 Å². The Labute approximate surface area is 181 Å². The van der Waals surface area contributed by atoms with Crippen LogP contribution in [0, 0.1) is 0 Å². The molecule has 31 heavy (non-hydrogen) atoms. The molecule has 0 unspecified atom stereocenters. The standard InChI is InChI=1S/C24H30N4O3/c1-5-17-11-13-18(14-12-17)21(26(3)4)15-25-22(29)16-28-20-10-8-7-9-19(20)23(30)27(6-2)24(28)31/h7-14,21H,5-6,15-16H2,1-4H3,(H,25,29)/t21-/m0/s1. The van der Waals surface area contributed by atoms with Crippen molar-refractivity contribution in [3.05, 3.63) is 80.5 Å². The molecule has 3 aromatic rings.